The first-order chi connectivity index (χ1) is 4.41. The maximum absolute atomic E-state index is 9.28. The third-order valence-corrected chi connectivity index (χ3v) is 0.458. The smallest absolute Gasteiger partial charge is 0.151 e. The van der Waals surface area contributed by atoms with Gasteiger partial charge in [-0.15, -0.1) is 6.58 Å². The Morgan fingerprint density at radius 1 is 1.44 bits per heavy atom. The van der Waals surface area contributed by atoms with Crippen LogP contribution in [0.2, 0.25) is 0 Å². The van der Waals surface area contributed by atoms with E-state index in [4.69, 9.17) is 0 Å². The second-order valence-electron chi connectivity index (χ2n) is 1.12. The number of rotatable bonds is 6. The summed E-state index contributed by atoms with van der Waals surface area (Å²) < 4.78 is 0. The van der Waals surface area contributed by atoms with E-state index in [1.165, 1.54) is 6.08 Å². The highest BCUT2D eigenvalue weighted by atomic mass is 17.2. The molecule has 52 valence electrons. The summed E-state index contributed by atoms with van der Waals surface area (Å²) in [6, 6.07) is 0. The third-order valence-electron chi connectivity index (χ3n) is 0.458. The molecule has 0 saturated heterocycles. The van der Waals surface area contributed by atoms with Crippen LogP contribution in [0.5, 0.6) is 0 Å². The van der Waals surface area contributed by atoms with Crippen molar-refractivity contribution in [3.63, 3.8) is 0 Å². The lowest BCUT2D eigenvalue weighted by atomic mass is 10.7. The van der Waals surface area contributed by atoms with E-state index in [1.807, 2.05) is 0 Å². The highest BCUT2D eigenvalue weighted by Gasteiger charge is 1.86. The van der Waals surface area contributed by atoms with Gasteiger partial charge in [0.15, 0.2) is 6.61 Å². The molecule has 0 saturated carbocycles. The summed E-state index contributed by atoms with van der Waals surface area (Å²) in [7, 11) is 0. The van der Waals surface area contributed by atoms with Gasteiger partial charge in [-0.05, 0) is 5.26 Å². The average Bonchev–Trinajstić information content (AvgIpc) is 1.89. The van der Waals surface area contributed by atoms with Crippen LogP contribution in [0.1, 0.15) is 0 Å². The fraction of sp³-hybridized carbons (Fsp3) is 0.400. The Morgan fingerprint density at radius 2 is 2.22 bits per heavy atom. The average molecular weight is 132 g/mol. The van der Waals surface area contributed by atoms with E-state index in [1.54, 1.807) is 0 Å². The summed E-state index contributed by atoms with van der Waals surface area (Å²) in [5, 5.41) is 9.28. The largest absolute Gasteiger partial charge is 0.232 e. The Kier molecular flexibility index (Phi) is 7.23. The standard InChI is InChI=1S/C5H8O4/c1-2-3-8-9-5-4-7-6/h2,5H,1,3-4H2. The lowest BCUT2D eigenvalue weighted by Gasteiger charge is -1.96. The fourth-order valence-corrected chi connectivity index (χ4v) is 0.191. The van der Waals surface area contributed by atoms with E-state index >= 15 is 0 Å². The summed E-state index contributed by atoms with van der Waals surface area (Å²) in [6.45, 7) is 4.63. The maximum Gasteiger partial charge on any atom is 0.151 e. The van der Waals surface area contributed by atoms with Gasteiger partial charge >= 0.3 is 0 Å². The molecule has 0 N–H and O–H groups in total. The van der Waals surface area contributed by atoms with Crippen LogP contribution >= 0.6 is 0 Å². The van der Waals surface area contributed by atoms with Crippen molar-refractivity contribution in [1.82, 2.24) is 0 Å². The highest BCUT2D eigenvalue weighted by molar-refractivity contribution is 4.62. The lowest BCUT2D eigenvalue weighted by molar-refractivity contribution is -0.325. The predicted molar refractivity (Wildman–Crippen MR) is 28.2 cm³/mol. The molecule has 4 heteroatoms. The summed E-state index contributed by atoms with van der Waals surface area (Å²) in [5.74, 6) is 0. The molecule has 0 aliphatic carbocycles. The van der Waals surface area contributed by atoms with Crippen molar-refractivity contribution < 1.29 is 19.9 Å². The van der Waals surface area contributed by atoms with Crippen molar-refractivity contribution in [2.24, 2.45) is 0 Å². The monoisotopic (exact) mass is 132 g/mol. The van der Waals surface area contributed by atoms with Gasteiger partial charge in [-0.2, -0.15) is 0 Å². The Labute approximate surface area is 53.5 Å². The molecule has 0 atom stereocenters. The molecule has 2 radical (unpaired) electrons. The van der Waals surface area contributed by atoms with Crippen molar-refractivity contribution in [2.45, 2.75) is 0 Å². The first-order valence-electron chi connectivity index (χ1n) is 2.37. The predicted octanol–water partition coefficient (Wildman–Crippen LogP) is 0.644. The van der Waals surface area contributed by atoms with E-state index in [0.717, 1.165) is 6.61 Å². The van der Waals surface area contributed by atoms with Crippen LogP contribution in [0, 0.1) is 6.61 Å². The Bertz CT molecular complexity index is 64.0. The fourth-order valence-electron chi connectivity index (χ4n) is 0.191. The van der Waals surface area contributed by atoms with Gasteiger partial charge < -0.3 is 0 Å². The molecule has 0 bridgehead atoms. The van der Waals surface area contributed by atoms with Crippen LogP contribution in [-0.4, -0.2) is 13.2 Å². The van der Waals surface area contributed by atoms with E-state index in [0.29, 0.717) is 0 Å². The van der Waals surface area contributed by atoms with Crippen LogP contribution in [0.4, 0.5) is 0 Å². The molecular weight excluding hydrogens is 124 g/mol. The second-order valence-corrected chi connectivity index (χ2v) is 1.12. The van der Waals surface area contributed by atoms with Crippen LogP contribution in [0.15, 0.2) is 12.7 Å². The zero-order chi connectivity index (χ0) is 6.95. The highest BCUT2D eigenvalue weighted by Crippen LogP contribution is 1.83. The molecule has 0 amide bonds. The van der Waals surface area contributed by atoms with E-state index in [2.05, 4.69) is 21.2 Å². The molecule has 0 unspecified atom stereocenters. The Hall–Kier alpha value is -0.420. The van der Waals surface area contributed by atoms with Crippen LogP contribution in [0.3, 0.4) is 0 Å². The minimum Gasteiger partial charge on any atom is -0.232 e. The van der Waals surface area contributed by atoms with Crippen LogP contribution < -0.4 is 0 Å². The van der Waals surface area contributed by atoms with Crippen molar-refractivity contribution in [3.05, 3.63) is 19.3 Å². The van der Waals surface area contributed by atoms with Gasteiger partial charge in [-0.25, -0.2) is 14.7 Å². The number of hydrogen-bond acceptors (Lipinski definition) is 3. The van der Waals surface area contributed by atoms with Crippen molar-refractivity contribution >= 4 is 0 Å². The lowest BCUT2D eigenvalue weighted by Crippen LogP contribution is -1.96. The van der Waals surface area contributed by atoms with Gasteiger partial charge in [-0.1, -0.05) is 6.08 Å². The summed E-state index contributed by atoms with van der Waals surface area (Å²) in [4.78, 5) is 12.1. The van der Waals surface area contributed by atoms with Crippen LogP contribution in [-0.2, 0) is 19.9 Å². The van der Waals surface area contributed by atoms with Gasteiger partial charge in [0.05, 0.1) is 0 Å². The molecule has 0 spiro atoms. The molecule has 0 heterocycles. The quantitative estimate of drug-likeness (QED) is 0.230. The molecular formula is C5H8O4. The molecule has 0 aromatic carbocycles. The minimum atomic E-state index is -0.128. The maximum atomic E-state index is 9.28. The Balaban J connectivity index is 2.66. The number of hydrogen-bond donors (Lipinski definition) is 0. The van der Waals surface area contributed by atoms with Crippen molar-refractivity contribution in [2.75, 3.05) is 13.2 Å². The molecule has 9 heavy (non-hydrogen) atoms. The molecule has 0 aliphatic rings. The minimum absolute atomic E-state index is 0.128. The normalized spacial score (nSPS) is 9.44. The van der Waals surface area contributed by atoms with Gasteiger partial charge in [0.2, 0.25) is 0 Å². The van der Waals surface area contributed by atoms with Crippen LogP contribution in [0.25, 0.3) is 0 Å². The second kappa shape index (κ2) is 7.58. The summed E-state index contributed by atoms with van der Waals surface area (Å²) >= 11 is 0. The van der Waals surface area contributed by atoms with Crippen molar-refractivity contribution in [1.29, 1.82) is 0 Å². The zero-order valence-corrected chi connectivity index (χ0v) is 4.91. The van der Waals surface area contributed by atoms with Gasteiger partial charge in [-0.3, -0.25) is 0 Å². The topological polar surface area (TPSA) is 47.6 Å². The zero-order valence-electron chi connectivity index (χ0n) is 4.91. The first-order valence-corrected chi connectivity index (χ1v) is 2.37. The molecule has 0 aliphatic heterocycles. The third kappa shape index (κ3) is 7.58. The molecule has 0 aromatic heterocycles. The molecule has 0 rings (SSSR count). The molecule has 4 nitrogen and oxygen atoms in total. The van der Waals surface area contributed by atoms with Gasteiger partial charge in [0.1, 0.15) is 13.2 Å². The SMILES string of the molecule is C=CCOO[CH]CO[O]. The first kappa shape index (κ1) is 8.58. The molecule has 0 fully saturated rings. The van der Waals surface area contributed by atoms with Gasteiger partial charge in [0.25, 0.3) is 0 Å². The summed E-state index contributed by atoms with van der Waals surface area (Å²) in [6.07, 6.45) is 1.52. The van der Waals surface area contributed by atoms with Gasteiger partial charge in [0, 0.05) is 0 Å². The van der Waals surface area contributed by atoms with E-state index in [-0.39, 0.29) is 13.2 Å². The summed E-state index contributed by atoms with van der Waals surface area (Å²) in [5.41, 5.74) is 0. The van der Waals surface area contributed by atoms with E-state index < -0.39 is 0 Å². The van der Waals surface area contributed by atoms with E-state index in [9.17, 15) is 5.26 Å². The Morgan fingerprint density at radius 3 is 2.78 bits per heavy atom. The molecule has 0 aromatic rings. The van der Waals surface area contributed by atoms with Crippen molar-refractivity contribution in [3.8, 4) is 0 Å².